The topological polar surface area (TPSA) is 103 Å². The molecule has 3 rings (SSSR count). The van der Waals surface area contributed by atoms with Gasteiger partial charge in [-0.2, -0.15) is 0 Å². The van der Waals surface area contributed by atoms with Gasteiger partial charge in [0.1, 0.15) is 18.0 Å². The fraction of sp³-hybridized carbons (Fsp3) is 0.400. The smallest absolute Gasteiger partial charge is 0.329 e. The average molecular weight is 319 g/mol. The standard InChI is InChI=1S/C15H17N3O5/c19-13(20)9-18-14(21)11(16-15(18)22)8-10-4-5-12(23-10)17-6-2-1-3-7-17/h4-5,8H,1-3,6-7,9H2,(H,16,22)(H,19,20)/b11-8+. The zero-order chi connectivity index (χ0) is 16.4. The van der Waals surface area contributed by atoms with E-state index in [1.165, 1.54) is 12.5 Å². The molecule has 1 aromatic heterocycles. The number of aliphatic carboxylic acids is 1. The first-order valence-corrected chi connectivity index (χ1v) is 7.46. The van der Waals surface area contributed by atoms with Crippen molar-refractivity contribution in [3.8, 4) is 0 Å². The molecule has 0 spiro atoms. The van der Waals surface area contributed by atoms with Crippen LogP contribution in [0, 0.1) is 0 Å². The lowest BCUT2D eigenvalue weighted by molar-refractivity contribution is -0.140. The largest absolute Gasteiger partial charge is 0.480 e. The molecule has 0 atom stereocenters. The zero-order valence-corrected chi connectivity index (χ0v) is 12.4. The van der Waals surface area contributed by atoms with Gasteiger partial charge in [-0.1, -0.05) is 0 Å². The van der Waals surface area contributed by atoms with Crippen molar-refractivity contribution in [1.82, 2.24) is 10.2 Å². The Morgan fingerprint density at radius 2 is 2.00 bits per heavy atom. The molecular weight excluding hydrogens is 302 g/mol. The maximum absolute atomic E-state index is 12.0. The minimum Gasteiger partial charge on any atom is -0.480 e. The lowest BCUT2D eigenvalue weighted by atomic mass is 10.1. The summed E-state index contributed by atoms with van der Waals surface area (Å²) in [5.74, 6) is -0.754. The van der Waals surface area contributed by atoms with Gasteiger partial charge in [0.25, 0.3) is 5.91 Å². The number of imide groups is 1. The van der Waals surface area contributed by atoms with Crippen LogP contribution in [-0.2, 0) is 9.59 Å². The maximum Gasteiger partial charge on any atom is 0.329 e. The normalized spacial score (nSPS) is 20.3. The van der Waals surface area contributed by atoms with Crippen LogP contribution in [0.3, 0.4) is 0 Å². The lowest BCUT2D eigenvalue weighted by Crippen LogP contribution is -2.35. The number of urea groups is 1. The van der Waals surface area contributed by atoms with Crippen molar-refractivity contribution < 1.29 is 23.9 Å². The van der Waals surface area contributed by atoms with E-state index in [4.69, 9.17) is 9.52 Å². The molecule has 3 amide bonds. The van der Waals surface area contributed by atoms with Crippen molar-refractivity contribution in [2.45, 2.75) is 19.3 Å². The number of nitrogens with zero attached hydrogens (tertiary/aromatic N) is 2. The summed E-state index contributed by atoms with van der Waals surface area (Å²) in [6, 6.07) is 2.80. The number of carbonyl (C=O) groups excluding carboxylic acids is 2. The molecule has 1 aromatic rings. The number of carboxylic acids is 1. The van der Waals surface area contributed by atoms with Gasteiger partial charge < -0.3 is 19.7 Å². The highest BCUT2D eigenvalue weighted by Crippen LogP contribution is 2.24. The molecule has 2 saturated heterocycles. The van der Waals surface area contributed by atoms with Crippen LogP contribution in [0.25, 0.3) is 6.08 Å². The summed E-state index contributed by atoms with van der Waals surface area (Å²) in [6.07, 6.45) is 4.87. The van der Waals surface area contributed by atoms with Gasteiger partial charge in [-0.25, -0.2) is 9.69 Å². The van der Waals surface area contributed by atoms with E-state index in [1.807, 2.05) is 6.07 Å². The third kappa shape index (κ3) is 3.20. The molecule has 0 saturated carbocycles. The summed E-state index contributed by atoms with van der Waals surface area (Å²) in [5, 5.41) is 11.1. The SMILES string of the molecule is O=C(O)CN1C(=O)N/C(=C/c2ccc(N3CCCCC3)o2)C1=O. The van der Waals surface area contributed by atoms with Crippen molar-refractivity contribution in [3.05, 3.63) is 23.6 Å². The Balaban J connectivity index is 1.74. The number of furan rings is 1. The van der Waals surface area contributed by atoms with Gasteiger partial charge in [0.05, 0.1) is 0 Å². The van der Waals surface area contributed by atoms with E-state index < -0.39 is 24.5 Å². The highest BCUT2D eigenvalue weighted by molar-refractivity contribution is 6.14. The molecule has 0 aliphatic carbocycles. The highest BCUT2D eigenvalue weighted by Gasteiger charge is 2.35. The van der Waals surface area contributed by atoms with Crippen molar-refractivity contribution >= 4 is 29.9 Å². The highest BCUT2D eigenvalue weighted by atomic mass is 16.4. The summed E-state index contributed by atoms with van der Waals surface area (Å²) in [6.45, 7) is 1.20. The number of nitrogens with one attached hydrogen (secondary N) is 1. The fourth-order valence-electron chi connectivity index (χ4n) is 2.70. The summed E-state index contributed by atoms with van der Waals surface area (Å²) >= 11 is 0. The molecule has 0 radical (unpaired) electrons. The van der Waals surface area contributed by atoms with Gasteiger partial charge in [0, 0.05) is 25.2 Å². The van der Waals surface area contributed by atoms with E-state index >= 15 is 0 Å². The molecule has 2 aliphatic rings. The first kappa shape index (κ1) is 15.1. The van der Waals surface area contributed by atoms with E-state index in [-0.39, 0.29) is 5.70 Å². The average Bonchev–Trinajstić information content (AvgIpc) is 3.09. The van der Waals surface area contributed by atoms with E-state index in [0.717, 1.165) is 31.8 Å². The van der Waals surface area contributed by atoms with Crippen LogP contribution in [0.1, 0.15) is 25.0 Å². The number of rotatable bonds is 4. The molecule has 3 heterocycles. The monoisotopic (exact) mass is 319 g/mol. The van der Waals surface area contributed by atoms with Crippen molar-refractivity contribution in [3.63, 3.8) is 0 Å². The van der Waals surface area contributed by atoms with Crippen LogP contribution in [0.15, 0.2) is 22.2 Å². The molecule has 122 valence electrons. The molecule has 0 bridgehead atoms. The van der Waals surface area contributed by atoms with Crippen LogP contribution in [0.4, 0.5) is 10.7 Å². The predicted octanol–water partition coefficient (Wildman–Crippen LogP) is 1.25. The number of carboxylic acid groups (broad SMARTS) is 1. The molecule has 23 heavy (non-hydrogen) atoms. The molecule has 2 N–H and O–H groups in total. The van der Waals surface area contributed by atoms with Gasteiger partial charge in [-0.05, 0) is 25.3 Å². The van der Waals surface area contributed by atoms with Gasteiger partial charge in [0.15, 0.2) is 5.88 Å². The number of hydrogen-bond donors (Lipinski definition) is 2. The second kappa shape index (κ2) is 6.15. The first-order valence-electron chi connectivity index (χ1n) is 7.46. The van der Waals surface area contributed by atoms with Gasteiger partial charge in [-0.15, -0.1) is 0 Å². The first-order chi connectivity index (χ1) is 11.0. The number of hydrogen-bond acceptors (Lipinski definition) is 5. The molecule has 0 aromatic carbocycles. The summed E-state index contributed by atoms with van der Waals surface area (Å²) in [5.41, 5.74) is 0.00999. The Kier molecular flexibility index (Phi) is 4.05. The minimum atomic E-state index is -1.25. The van der Waals surface area contributed by atoms with Crippen molar-refractivity contribution in [1.29, 1.82) is 0 Å². The van der Waals surface area contributed by atoms with Gasteiger partial charge in [-0.3, -0.25) is 9.59 Å². The molecule has 0 unspecified atom stereocenters. The second-order valence-electron chi connectivity index (χ2n) is 5.50. The van der Waals surface area contributed by atoms with E-state index in [0.29, 0.717) is 10.7 Å². The van der Waals surface area contributed by atoms with Crippen molar-refractivity contribution in [2.75, 3.05) is 24.5 Å². The second-order valence-corrected chi connectivity index (χ2v) is 5.50. The summed E-state index contributed by atoms with van der Waals surface area (Å²) in [7, 11) is 0. The van der Waals surface area contributed by atoms with E-state index in [9.17, 15) is 14.4 Å². The van der Waals surface area contributed by atoms with Crippen LogP contribution in [0.5, 0.6) is 0 Å². The quantitative estimate of drug-likeness (QED) is 0.639. The Bertz CT molecular complexity index is 672. The number of piperidine rings is 1. The van der Waals surface area contributed by atoms with Crippen LogP contribution >= 0.6 is 0 Å². The zero-order valence-electron chi connectivity index (χ0n) is 12.4. The summed E-state index contributed by atoms with van der Waals surface area (Å²) in [4.78, 5) is 37.1. The Hall–Kier alpha value is -2.77. The molecule has 8 heteroatoms. The lowest BCUT2D eigenvalue weighted by Gasteiger charge is -2.25. The van der Waals surface area contributed by atoms with Crippen molar-refractivity contribution in [2.24, 2.45) is 0 Å². The Labute approximate surface area is 132 Å². The van der Waals surface area contributed by atoms with Gasteiger partial charge >= 0.3 is 12.0 Å². The number of carbonyl (C=O) groups is 3. The third-order valence-corrected chi connectivity index (χ3v) is 3.82. The molecule has 2 fully saturated rings. The third-order valence-electron chi connectivity index (χ3n) is 3.82. The summed E-state index contributed by atoms with van der Waals surface area (Å²) < 4.78 is 5.70. The van der Waals surface area contributed by atoms with Gasteiger partial charge in [0.2, 0.25) is 0 Å². The Morgan fingerprint density at radius 3 is 2.70 bits per heavy atom. The number of amides is 3. The Morgan fingerprint density at radius 1 is 1.26 bits per heavy atom. The minimum absolute atomic E-state index is 0.00999. The molecule has 2 aliphatic heterocycles. The molecule has 8 nitrogen and oxygen atoms in total. The van der Waals surface area contributed by atoms with E-state index in [1.54, 1.807) is 6.07 Å². The predicted molar refractivity (Wildman–Crippen MR) is 80.6 cm³/mol. The fourth-order valence-corrected chi connectivity index (χ4v) is 2.70. The molecular formula is C15H17N3O5. The van der Waals surface area contributed by atoms with Crippen LogP contribution in [-0.4, -0.2) is 47.5 Å². The number of anilines is 1. The van der Waals surface area contributed by atoms with Crippen LogP contribution < -0.4 is 10.2 Å². The van der Waals surface area contributed by atoms with E-state index in [2.05, 4.69) is 10.2 Å². The maximum atomic E-state index is 12.0. The van der Waals surface area contributed by atoms with Crippen LogP contribution in [0.2, 0.25) is 0 Å².